The number of fused-ring (bicyclic) bond motifs is 1. The van der Waals surface area contributed by atoms with Gasteiger partial charge >= 0.3 is 5.95 Å². The predicted molar refractivity (Wildman–Crippen MR) is 94.3 cm³/mol. The molecule has 0 unspecified atom stereocenters. The summed E-state index contributed by atoms with van der Waals surface area (Å²) in [7, 11) is 0. The second kappa shape index (κ2) is 7.04. The quantitative estimate of drug-likeness (QED) is 0.481. The number of pyridine rings is 1. The topological polar surface area (TPSA) is 70.2 Å². The largest absolute Gasteiger partial charge is 0.378 e. The van der Waals surface area contributed by atoms with Gasteiger partial charge in [0.1, 0.15) is 0 Å². The fourth-order valence-electron chi connectivity index (χ4n) is 3.47. The number of H-pyrrole nitrogens is 1. The molecule has 0 aliphatic heterocycles. The first-order valence-corrected chi connectivity index (χ1v) is 9.13. The second-order valence-electron chi connectivity index (χ2n) is 6.98. The maximum absolute atomic E-state index is 12.9. The third kappa shape index (κ3) is 3.63. The second-order valence-corrected chi connectivity index (χ2v) is 6.98. The number of carbonyl (C=O) groups is 1. The smallest absolute Gasteiger partial charge is 0.360 e. The van der Waals surface area contributed by atoms with Gasteiger partial charge in [0.05, 0.1) is 26.0 Å². The van der Waals surface area contributed by atoms with Crippen molar-refractivity contribution in [1.82, 2.24) is 10.3 Å². The van der Waals surface area contributed by atoms with Gasteiger partial charge < -0.3 is 10.1 Å². The van der Waals surface area contributed by atoms with Crippen LogP contribution in [0.25, 0.3) is 5.52 Å². The van der Waals surface area contributed by atoms with Gasteiger partial charge in [-0.25, -0.2) is 9.38 Å². The summed E-state index contributed by atoms with van der Waals surface area (Å²) >= 11 is 0. The third-order valence-corrected chi connectivity index (χ3v) is 5.04. The summed E-state index contributed by atoms with van der Waals surface area (Å²) in [4.78, 5) is 16.1. The Hall–Kier alpha value is -2.08. The van der Waals surface area contributed by atoms with Crippen molar-refractivity contribution < 1.29 is 13.9 Å². The van der Waals surface area contributed by atoms with Crippen LogP contribution in [0, 0.1) is 18.8 Å². The van der Waals surface area contributed by atoms with Gasteiger partial charge in [-0.2, -0.15) is 0 Å². The maximum Gasteiger partial charge on any atom is 0.360 e. The zero-order chi connectivity index (χ0) is 17.2. The molecular weight excluding hydrogens is 316 g/mol. The maximum atomic E-state index is 12.9. The summed E-state index contributed by atoms with van der Waals surface area (Å²) in [6.07, 6.45) is 6.92. The molecule has 2 aromatic heterocycles. The number of hydrogen-bond acceptors (Lipinski definition) is 3. The average Bonchev–Trinajstić information content (AvgIpc) is 3.54. The summed E-state index contributed by atoms with van der Waals surface area (Å²) in [6, 6.07) is 6.19. The van der Waals surface area contributed by atoms with E-state index in [9.17, 15) is 4.79 Å². The van der Waals surface area contributed by atoms with E-state index in [1.165, 1.54) is 25.7 Å². The molecule has 6 heteroatoms. The van der Waals surface area contributed by atoms with Crippen LogP contribution in [-0.2, 0) is 4.74 Å². The molecule has 1 amide bonds. The van der Waals surface area contributed by atoms with Crippen LogP contribution in [0.3, 0.4) is 0 Å². The number of ether oxygens (including phenoxy) is 1. The number of carbonyl (C=O) groups excluding carboxylic acids is 1. The van der Waals surface area contributed by atoms with Crippen LogP contribution in [0.15, 0.2) is 24.4 Å². The van der Waals surface area contributed by atoms with Crippen LogP contribution in [-0.4, -0.2) is 36.7 Å². The first-order valence-electron chi connectivity index (χ1n) is 9.13. The Morgan fingerprint density at radius 1 is 1.32 bits per heavy atom. The molecule has 6 nitrogen and oxygen atoms in total. The molecule has 2 radical (unpaired) electrons. The van der Waals surface area contributed by atoms with E-state index in [1.54, 1.807) is 0 Å². The van der Waals surface area contributed by atoms with Gasteiger partial charge in [0.15, 0.2) is 5.52 Å². The Kier molecular flexibility index (Phi) is 4.61. The molecule has 0 saturated heterocycles. The van der Waals surface area contributed by atoms with Gasteiger partial charge in [-0.05, 0) is 56.6 Å². The molecule has 0 spiro atoms. The van der Waals surface area contributed by atoms with Crippen LogP contribution >= 0.6 is 0 Å². The van der Waals surface area contributed by atoms with Crippen molar-refractivity contribution in [3.05, 3.63) is 37.0 Å². The summed E-state index contributed by atoms with van der Waals surface area (Å²) in [5.74, 6) is 2.11. The molecule has 2 aromatic rings. The minimum atomic E-state index is -0.0150. The highest BCUT2D eigenvalue weighted by Crippen LogP contribution is 2.44. The monoisotopic (exact) mass is 341 g/mol. The van der Waals surface area contributed by atoms with E-state index in [2.05, 4.69) is 15.6 Å². The van der Waals surface area contributed by atoms with Crippen molar-refractivity contribution in [3.8, 4) is 0 Å². The first-order chi connectivity index (χ1) is 12.3. The lowest BCUT2D eigenvalue weighted by Crippen LogP contribution is -2.38. The Balaban J connectivity index is 1.52. The molecule has 0 aromatic carbocycles. The highest BCUT2D eigenvalue weighted by molar-refractivity contribution is 5.98. The SMILES string of the molecule is [CH]COCCNc1[nH]c(C(=O)NC(C2CC2)C2CC2)c2cccc[n+]12. The van der Waals surface area contributed by atoms with E-state index in [1.807, 2.05) is 28.8 Å². The Labute approximate surface area is 148 Å². The number of amides is 1. The fourth-order valence-corrected chi connectivity index (χ4v) is 3.47. The number of anilines is 1. The molecule has 25 heavy (non-hydrogen) atoms. The number of aromatic amines is 1. The normalized spacial score (nSPS) is 17.2. The van der Waals surface area contributed by atoms with E-state index in [4.69, 9.17) is 11.7 Å². The van der Waals surface area contributed by atoms with Crippen molar-refractivity contribution in [3.63, 3.8) is 0 Å². The number of imidazole rings is 1. The van der Waals surface area contributed by atoms with Crippen molar-refractivity contribution in [1.29, 1.82) is 0 Å². The van der Waals surface area contributed by atoms with E-state index >= 15 is 0 Å². The third-order valence-electron chi connectivity index (χ3n) is 5.04. The van der Waals surface area contributed by atoms with Crippen LogP contribution < -0.4 is 15.0 Å². The predicted octanol–water partition coefficient (Wildman–Crippen LogP) is 1.81. The lowest BCUT2D eigenvalue weighted by molar-refractivity contribution is -0.495. The molecule has 2 saturated carbocycles. The van der Waals surface area contributed by atoms with E-state index < -0.39 is 0 Å². The highest BCUT2D eigenvalue weighted by Gasteiger charge is 2.42. The van der Waals surface area contributed by atoms with E-state index in [0.717, 1.165) is 11.5 Å². The zero-order valence-corrected chi connectivity index (χ0v) is 14.3. The number of nitrogens with zero attached hydrogens (tertiary/aromatic N) is 1. The van der Waals surface area contributed by atoms with Gasteiger partial charge in [-0.3, -0.25) is 10.1 Å². The van der Waals surface area contributed by atoms with Crippen LogP contribution in [0.4, 0.5) is 5.95 Å². The molecule has 2 fully saturated rings. The molecule has 2 heterocycles. The molecule has 2 aliphatic carbocycles. The van der Waals surface area contributed by atoms with Crippen LogP contribution in [0.2, 0.25) is 0 Å². The molecule has 2 aliphatic rings. The van der Waals surface area contributed by atoms with E-state index in [-0.39, 0.29) is 12.5 Å². The van der Waals surface area contributed by atoms with Crippen molar-refractivity contribution >= 4 is 17.4 Å². The highest BCUT2D eigenvalue weighted by atomic mass is 16.5. The molecule has 132 valence electrons. The molecular formula is C19H25N4O2+. The van der Waals surface area contributed by atoms with Crippen molar-refractivity contribution in [2.24, 2.45) is 11.8 Å². The van der Waals surface area contributed by atoms with Gasteiger partial charge in [-0.1, -0.05) is 6.07 Å². The molecule has 0 bridgehead atoms. The van der Waals surface area contributed by atoms with Crippen LogP contribution in [0.5, 0.6) is 0 Å². The minimum Gasteiger partial charge on any atom is -0.378 e. The summed E-state index contributed by atoms with van der Waals surface area (Å²) in [6.45, 7) is 6.66. The standard InChI is InChI=1S/C19H24N4O2/c1-2-25-12-10-20-19-22-17(15-5-3-4-11-23(15)19)18(24)21-16(13-6-7-13)14-8-9-14/h1,3-5,11,13-14,16H,2,6-10,12H2,(H2,20,21,22,24)/p+1. The van der Waals surface area contributed by atoms with Gasteiger partial charge in [0.2, 0.25) is 5.69 Å². The number of nitrogens with one attached hydrogen (secondary N) is 3. The average molecular weight is 341 g/mol. The van der Waals surface area contributed by atoms with Gasteiger partial charge in [0.25, 0.3) is 5.91 Å². The Bertz CT molecular complexity index is 737. The van der Waals surface area contributed by atoms with Crippen molar-refractivity contribution in [2.75, 3.05) is 25.1 Å². The Morgan fingerprint density at radius 2 is 2.08 bits per heavy atom. The van der Waals surface area contributed by atoms with Gasteiger partial charge in [0, 0.05) is 6.04 Å². The number of rotatable bonds is 9. The summed E-state index contributed by atoms with van der Waals surface area (Å²) in [5, 5.41) is 6.55. The summed E-state index contributed by atoms with van der Waals surface area (Å²) in [5.41, 5.74) is 1.47. The molecule has 0 atom stereocenters. The van der Waals surface area contributed by atoms with Crippen LogP contribution in [0.1, 0.15) is 36.2 Å². The van der Waals surface area contributed by atoms with Crippen molar-refractivity contribution in [2.45, 2.75) is 31.7 Å². The molecule has 3 N–H and O–H groups in total. The summed E-state index contributed by atoms with van der Waals surface area (Å²) < 4.78 is 7.11. The number of aromatic nitrogens is 2. The number of hydrogen-bond donors (Lipinski definition) is 3. The molecule has 4 rings (SSSR count). The van der Waals surface area contributed by atoms with E-state index in [0.29, 0.717) is 36.7 Å². The van der Waals surface area contributed by atoms with Gasteiger partial charge in [-0.15, -0.1) is 0 Å². The Morgan fingerprint density at radius 3 is 2.76 bits per heavy atom. The minimum absolute atomic E-state index is 0.0150. The first kappa shape index (κ1) is 16.4. The lowest BCUT2D eigenvalue weighted by atomic mass is 10.1. The lowest BCUT2D eigenvalue weighted by Gasteiger charge is -2.16. The fraction of sp³-hybridized carbons (Fsp3) is 0.526. The zero-order valence-electron chi connectivity index (χ0n) is 14.3.